The third-order valence-corrected chi connectivity index (χ3v) is 3.92. The molecule has 0 aliphatic heterocycles. The molecular weight excluding hydrogens is 300 g/mol. The molecule has 0 atom stereocenters. The van der Waals surface area contributed by atoms with E-state index in [9.17, 15) is 17.2 Å². The van der Waals surface area contributed by atoms with E-state index in [2.05, 4.69) is 4.98 Å². The van der Waals surface area contributed by atoms with Gasteiger partial charge in [0, 0.05) is 5.38 Å². The lowest BCUT2D eigenvalue weighted by Crippen LogP contribution is -2.20. The molecule has 0 saturated carbocycles. The van der Waals surface area contributed by atoms with E-state index in [1.54, 1.807) is 16.9 Å². The van der Waals surface area contributed by atoms with Gasteiger partial charge in [-0.05, 0) is 12.1 Å². The molecule has 0 aromatic carbocycles. The van der Waals surface area contributed by atoms with E-state index in [1.165, 1.54) is 5.38 Å². The number of nitrogens with one attached hydrogen (secondary N) is 1. The number of rotatable bonds is 5. The third-order valence-electron chi connectivity index (χ3n) is 2.08. The molecule has 0 amide bonds. The molecule has 2 aromatic heterocycles. The van der Waals surface area contributed by atoms with E-state index in [-0.39, 0.29) is 11.7 Å². The van der Waals surface area contributed by atoms with Crippen LogP contribution in [0.5, 0.6) is 0 Å². The highest BCUT2D eigenvalue weighted by molar-refractivity contribution is 7.93. The minimum Gasteiger partial charge on any atom is -0.458 e. The van der Waals surface area contributed by atoms with Crippen molar-refractivity contribution < 1.29 is 21.6 Å². The smallest absolute Gasteiger partial charge is 0.355 e. The lowest BCUT2D eigenvalue weighted by Gasteiger charge is -2.02. The highest BCUT2D eigenvalue weighted by Gasteiger charge is 2.25. The van der Waals surface area contributed by atoms with Gasteiger partial charge in [-0.3, -0.25) is 4.72 Å². The summed E-state index contributed by atoms with van der Waals surface area (Å²) in [4.78, 5) is 3.86. The van der Waals surface area contributed by atoms with Crippen LogP contribution in [0.1, 0.15) is 5.76 Å². The molecule has 10 heteroatoms. The first-order valence-corrected chi connectivity index (χ1v) is 7.39. The zero-order chi connectivity index (χ0) is 14.0. The lowest BCUT2D eigenvalue weighted by atomic mass is 10.3. The van der Waals surface area contributed by atoms with Crippen LogP contribution in [0.2, 0.25) is 0 Å². The van der Waals surface area contributed by atoms with Gasteiger partial charge in [0.15, 0.2) is 10.9 Å². The SMILES string of the molecule is NCc1ccc(-c2csc(NS(=O)(=O)C(F)F)n2)o1. The Bertz CT molecular complexity index is 666. The summed E-state index contributed by atoms with van der Waals surface area (Å²) < 4.78 is 53.3. The molecule has 104 valence electrons. The van der Waals surface area contributed by atoms with E-state index >= 15 is 0 Å². The standard InChI is InChI=1S/C9H9F2N3O3S2/c10-8(11)19(15,16)14-9-13-6(4-18-9)7-2-1-5(3-12)17-7/h1-2,4,8H,3,12H2,(H,13,14). The van der Waals surface area contributed by atoms with Gasteiger partial charge in [-0.1, -0.05) is 0 Å². The van der Waals surface area contributed by atoms with Crippen molar-refractivity contribution in [3.05, 3.63) is 23.3 Å². The Labute approximate surface area is 111 Å². The fourth-order valence-corrected chi connectivity index (χ4v) is 2.69. The van der Waals surface area contributed by atoms with Crippen molar-refractivity contribution in [1.82, 2.24) is 4.98 Å². The average Bonchev–Trinajstić information content (AvgIpc) is 2.96. The highest BCUT2D eigenvalue weighted by Crippen LogP contribution is 2.27. The summed E-state index contributed by atoms with van der Waals surface area (Å²) in [5.74, 6) is -2.58. The monoisotopic (exact) mass is 309 g/mol. The molecule has 6 nitrogen and oxygen atoms in total. The van der Waals surface area contributed by atoms with Crippen LogP contribution in [-0.2, 0) is 16.6 Å². The predicted molar refractivity (Wildman–Crippen MR) is 66.3 cm³/mol. The van der Waals surface area contributed by atoms with Gasteiger partial charge in [-0.15, -0.1) is 11.3 Å². The highest BCUT2D eigenvalue weighted by atomic mass is 32.2. The molecule has 0 saturated heterocycles. The van der Waals surface area contributed by atoms with E-state index in [0.29, 0.717) is 17.2 Å². The van der Waals surface area contributed by atoms with Gasteiger partial charge in [0.2, 0.25) is 0 Å². The quantitative estimate of drug-likeness (QED) is 0.878. The molecule has 2 rings (SSSR count). The summed E-state index contributed by atoms with van der Waals surface area (Å²) in [5, 5.41) is 1.34. The number of thiazole rings is 1. The van der Waals surface area contributed by atoms with Gasteiger partial charge in [0.25, 0.3) is 10.0 Å². The molecule has 0 unspecified atom stereocenters. The Hall–Kier alpha value is -1.52. The fourth-order valence-electron chi connectivity index (χ4n) is 1.23. The van der Waals surface area contributed by atoms with Crippen molar-refractivity contribution in [3.63, 3.8) is 0 Å². The second kappa shape index (κ2) is 5.23. The van der Waals surface area contributed by atoms with Gasteiger partial charge in [0.1, 0.15) is 11.5 Å². The number of hydrogen-bond donors (Lipinski definition) is 2. The number of anilines is 1. The maximum atomic E-state index is 12.2. The summed E-state index contributed by atoms with van der Waals surface area (Å²) in [5.41, 5.74) is 5.72. The Balaban J connectivity index is 2.20. The van der Waals surface area contributed by atoms with Gasteiger partial charge in [0.05, 0.1) is 6.54 Å². The summed E-state index contributed by atoms with van der Waals surface area (Å²) in [6, 6.07) is 3.26. The van der Waals surface area contributed by atoms with E-state index in [0.717, 1.165) is 11.3 Å². The Morgan fingerprint density at radius 2 is 2.21 bits per heavy atom. The Morgan fingerprint density at radius 3 is 2.79 bits per heavy atom. The number of sulfonamides is 1. The first kappa shape index (κ1) is 13.9. The van der Waals surface area contributed by atoms with Crippen molar-refractivity contribution >= 4 is 26.5 Å². The maximum absolute atomic E-state index is 12.2. The van der Waals surface area contributed by atoms with Crippen LogP contribution in [0.25, 0.3) is 11.5 Å². The molecule has 0 aliphatic carbocycles. The number of halogens is 2. The van der Waals surface area contributed by atoms with Crippen molar-refractivity contribution in [2.75, 3.05) is 4.72 Å². The molecule has 0 bridgehead atoms. The molecule has 0 fully saturated rings. The largest absolute Gasteiger partial charge is 0.458 e. The van der Waals surface area contributed by atoms with Gasteiger partial charge in [-0.25, -0.2) is 13.4 Å². The predicted octanol–water partition coefficient (Wildman–Crippen LogP) is 1.83. The van der Waals surface area contributed by atoms with Crippen LogP contribution < -0.4 is 10.5 Å². The van der Waals surface area contributed by atoms with Crippen LogP contribution in [0.15, 0.2) is 21.9 Å². The molecule has 2 aromatic rings. The third kappa shape index (κ3) is 3.08. The fraction of sp³-hybridized carbons (Fsp3) is 0.222. The lowest BCUT2D eigenvalue weighted by molar-refractivity contribution is 0.236. The van der Waals surface area contributed by atoms with Crippen LogP contribution in [-0.4, -0.2) is 19.2 Å². The number of alkyl halides is 2. The first-order chi connectivity index (χ1) is 8.92. The van der Waals surface area contributed by atoms with E-state index in [4.69, 9.17) is 10.2 Å². The molecule has 3 N–H and O–H groups in total. The first-order valence-electron chi connectivity index (χ1n) is 4.97. The van der Waals surface area contributed by atoms with Crippen LogP contribution in [0.4, 0.5) is 13.9 Å². The second-order valence-electron chi connectivity index (χ2n) is 3.42. The minimum atomic E-state index is -4.71. The van der Waals surface area contributed by atoms with Crippen LogP contribution >= 0.6 is 11.3 Å². The van der Waals surface area contributed by atoms with Gasteiger partial charge < -0.3 is 10.2 Å². The number of nitrogens with zero attached hydrogens (tertiary/aromatic N) is 1. The van der Waals surface area contributed by atoms with Crippen molar-refractivity contribution in [1.29, 1.82) is 0 Å². The Kier molecular flexibility index (Phi) is 3.83. The molecule has 0 radical (unpaired) electrons. The normalized spacial score (nSPS) is 12.0. The van der Waals surface area contributed by atoms with E-state index < -0.39 is 15.8 Å². The second-order valence-corrected chi connectivity index (χ2v) is 5.92. The summed E-state index contributed by atoms with van der Waals surface area (Å²) in [6.45, 7) is 0.217. The average molecular weight is 309 g/mol. The van der Waals surface area contributed by atoms with Gasteiger partial charge >= 0.3 is 5.76 Å². The van der Waals surface area contributed by atoms with Crippen molar-refractivity contribution in [2.24, 2.45) is 5.73 Å². The molecule has 19 heavy (non-hydrogen) atoms. The number of furan rings is 1. The van der Waals surface area contributed by atoms with Crippen molar-refractivity contribution in [3.8, 4) is 11.5 Å². The minimum absolute atomic E-state index is 0.152. The zero-order valence-corrected chi connectivity index (χ0v) is 11.0. The topological polar surface area (TPSA) is 98.2 Å². The molecule has 2 heterocycles. The molecule has 0 aliphatic rings. The van der Waals surface area contributed by atoms with E-state index in [1.807, 2.05) is 0 Å². The summed E-state index contributed by atoms with van der Waals surface area (Å²) >= 11 is 0.880. The van der Waals surface area contributed by atoms with Crippen LogP contribution in [0, 0.1) is 0 Å². The maximum Gasteiger partial charge on any atom is 0.355 e. The van der Waals surface area contributed by atoms with Crippen molar-refractivity contribution in [2.45, 2.75) is 12.3 Å². The number of aromatic nitrogens is 1. The zero-order valence-electron chi connectivity index (χ0n) is 9.34. The Morgan fingerprint density at radius 1 is 1.47 bits per heavy atom. The number of nitrogens with two attached hydrogens (primary N) is 1. The summed E-state index contributed by atoms with van der Waals surface area (Å²) in [7, 11) is -4.71. The number of hydrogen-bond acceptors (Lipinski definition) is 6. The summed E-state index contributed by atoms with van der Waals surface area (Å²) in [6.07, 6.45) is 0. The molecular formula is C9H9F2N3O3S2. The molecule has 0 spiro atoms. The van der Waals surface area contributed by atoms with Crippen LogP contribution in [0.3, 0.4) is 0 Å². The van der Waals surface area contributed by atoms with Gasteiger partial charge in [-0.2, -0.15) is 8.78 Å².